The van der Waals surface area contributed by atoms with Crippen LogP contribution in [0, 0.1) is 6.92 Å². The number of nitrogens with one attached hydrogen (secondary N) is 1. The molecule has 0 aliphatic carbocycles. The van der Waals surface area contributed by atoms with E-state index in [-0.39, 0.29) is 17.9 Å². The van der Waals surface area contributed by atoms with Gasteiger partial charge in [0, 0.05) is 37.3 Å². The Labute approximate surface area is 146 Å². The van der Waals surface area contributed by atoms with Gasteiger partial charge in [0.05, 0.1) is 17.5 Å². The number of sulfone groups is 1. The summed E-state index contributed by atoms with van der Waals surface area (Å²) in [6.45, 7) is 2.22. The first-order valence-corrected chi connectivity index (χ1v) is 9.59. The minimum Gasteiger partial charge on any atom is -0.437 e. The van der Waals surface area contributed by atoms with Crippen LogP contribution in [0.5, 0.6) is 11.6 Å². The van der Waals surface area contributed by atoms with Crippen LogP contribution in [0.4, 0.5) is 0 Å². The Morgan fingerprint density at radius 1 is 1.28 bits per heavy atom. The van der Waals surface area contributed by atoms with Gasteiger partial charge in [0.1, 0.15) is 15.6 Å². The summed E-state index contributed by atoms with van der Waals surface area (Å²) in [5.41, 5.74) is 7.54. The smallest absolute Gasteiger partial charge is 0.253 e. The molecule has 0 spiro atoms. The zero-order valence-electron chi connectivity index (χ0n) is 14.0. The van der Waals surface area contributed by atoms with Gasteiger partial charge in [-0.15, -0.1) is 0 Å². The molecule has 0 aliphatic rings. The zero-order chi connectivity index (χ0) is 18.4. The van der Waals surface area contributed by atoms with Crippen molar-refractivity contribution < 1.29 is 17.9 Å². The van der Waals surface area contributed by atoms with Crippen molar-refractivity contribution in [3.05, 3.63) is 47.4 Å². The van der Waals surface area contributed by atoms with Gasteiger partial charge in [-0.3, -0.25) is 9.78 Å². The first-order chi connectivity index (χ1) is 11.8. The molecule has 2 rings (SSSR count). The maximum Gasteiger partial charge on any atom is 0.253 e. The number of nitrogens with zero attached hydrogens (tertiary/aromatic N) is 2. The molecule has 3 N–H and O–H groups in total. The minimum atomic E-state index is -3.14. The first-order valence-electron chi connectivity index (χ1n) is 7.53. The lowest BCUT2D eigenvalue weighted by Crippen LogP contribution is -2.28. The second kappa shape index (κ2) is 8.04. The van der Waals surface area contributed by atoms with E-state index in [1.165, 1.54) is 18.5 Å². The van der Waals surface area contributed by atoms with Crippen LogP contribution < -0.4 is 15.8 Å². The molecule has 1 amide bonds. The Morgan fingerprint density at radius 3 is 2.72 bits per heavy atom. The van der Waals surface area contributed by atoms with Gasteiger partial charge in [-0.05, 0) is 24.6 Å². The minimum absolute atomic E-state index is 0.0298. The molecule has 9 heteroatoms. The van der Waals surface area contributed by atoms with Gasteiger partial charge >= 0.3 is 0 Å². The van der Waals surface area contributed by atoms with Gasteiger partial charge in [0.25, 0.3) is 5.91 Å². The SMILES string of the molecule is Cc1cc(CN)cc(Oc2cncc(C(=O)NCCS(C)(=O)=O)c2)n1. The molecule has 0 fully saturated rings. The third-order valence-corrected chi connectivity index (χ3v) is 4.13. The lowest BCUT2D eigenvalue weighted by Gasteiger charge is -2.09. The van der Waals surface area contributed by atoms with Crippen LogP contribution in [-0.2, 0) is 16.4 Å². The standard InChI is InChI=1S/C16H20N4O4S/c1-11-5-12(8-17)6-15(20-11)24-14-7-13(9-18-10-14)16(21)19-3-4-25(2,22)23/h5-7,9-10H,3-4,8,17H2,1-2H3,(H,19,21). The van der Waals surface area contributed by atoms with Crippen molar-refractivity contribution in [2.75, 3.05) is 18.6 Å². The Hall–Kier alpha value is -2.52. The van der Waals surface area contributed by atoms with Crippen LogP contribution >= 0.6 is 0 Å². The van der Waals surface area contributed by atoms with Crippen molar-refractivity contribution in [2.45, 2.75) is 13.5 Å². The number of aryl methyl sites for hydroxylation is 1. The molecule has 0 bridgehead atoms. The summed E-state index contributed by atoms with van der Waals surface area (Å²) in [5, 5.41) is 2.53. The maximum atomic E-state index is 12.1. The van der Waals surface area contributed by atoms with Gasteiger partial charge in [-0.1, -0.05) is 0 Å². The molecule has 134 valence electrons. The highest BCUT2D eigenvalue weighted by atomic mass is 32.2. The zero-order valence-corrected chi connectivity index (χ0v) is 14.8. The van der Waals surface area contributed by atoms with Crippen molar-refractivity contribution in [1.82, 2.24) is 15.3 Å². The summed E-state index contributed by atoms with van der Waals surface area (Å²) < 4.78 is 27.8. The van der Waals surface area contributed by atoms with Crippen LogP contribution in [0.25, 0.3) is 0 Å². The Balaban J connectivity index is 2.08. The monoisotopic (exact) mass is 364 g/mol. The van der Waals surface area contributed by atoms with Crippen molar-refractivity contribution in [3.8, 4) is 11.6 Å². The fraction of sp³-hybridized carbons (Fsp3) is 0.312. The second-order valence-electron chi connectivity index (χ2n) is 5.56. The van der Waals surface area contributed by atoms with Crippen LogP contribution in [0.15, 0.2) is 30.6 Å². The first kappa shape index (κ1) is 18.8. The summed E-state index contributed by atoms with van der Waals surface area (Å²) >= 11 is 0. The molecular formula is C16H20N4O4S. The molecule has 25 heavy (non-hydrogen) atoms. The molecule has 0 radical (unpaired) electrons. The van der Waals surface area contributed by atoms with E-state index in [1.54, 1.807) is 6.07 Å². The normalized spacial score (nSPS) is 11.2. The molecule has 0 saturated carbocycles. The molecule has 2 aromatic heterocycles. The number of ether oxygens (including phenoxy) is 1. The number of pyridine rings is 2. The molecule has 0 aliphatic heterocycles. The Bertz CT molecular complexity index is 868. The quantitative estimate of drug-likeness (QED) is 0.745. The lowest BCUT2D eigenvalue weighted by molar-refractivity contribution is 0.0955. The molecule has 2 heterocycles. The van der Waals surface area contributed by atoms with Crippen molar-refractivity contribution in [1.29, 1.82) is 0 Å². The van der Waals surface area contributed by atoms with Gasteiger partial charge in [-0.2, -0.15) is 0 Å². The van der Waals surface area contributed by atoms with E-state index in [2.05, 4.69) is 15.3 Å². The number of nitrogens with two attached hydrogens (primary N) is 1. The Kier molecular flexibility index (Phi) is 6.05. The van der Waals surface area contributed by atoms with Crippen LogP contribution in [0.1, 0.15) is 21.6 Å². The lowest BCUT2D eigenvalue weighted by atomic mass is 10.2. The third-order valence-electron chi connectivity index (χ3n) is 3.18. The largest absolute Gasteiger partial charge is 0.437 e. The van der Waals surface area contributed by atoms with Gasteiger partial charge in [0.2, 0.25) is 5.88 Å². The molecule has 2 aromatic rings. The van der Waals surface area contributed by atoms with E-state index in [0.717, 1.165) is 17.5 Å². The highest BCUT2D eigenvalue weighted by Crippen LogP contribution is 2.21. The van der Waals surface area contributed by atoms with Crippen LogP contribution in [-0.4, -0.2) is 42.8 Å². The average Bonchev–Trinajstić information content (AvgIpc) is 2.53. The fourth-order valence-electron chi connectivity index (χ4n) is 2.05. The van der Waals surface area contributed by atoms with E-state index in [0.29, 0.717) is 18.2 Å². The summed E-state index contributed by atoms with van der Waals surface area (Å²) in [5.74, 6) is 0.146. The second-order valence-corrected chi connectivity index (χ2v) is 7.82. The average molecular weight is 364 g/mol. The third kappa shape index (κ3) is 6.12. The van der Waals surface area contributed by atoms with E-state index in [9.17, 15) is 13.2 Å². The molecule has 0 saturated heterocycles. The van der Waals surface area contributed by atoms with Crippen LogP contribution in [0.2, 0.25) is 0 Å². The summed E-state index contributed by atoms with van der Waals surface area (Å²) in [6, 6.07) is 5.08. The van der Waals surface area contributed by atoms with Crippen molar-refractivity contribution in [3.63, 3.8) is 0 Å². The van der Waals surface area contributed by atoms with Crippen LogP contribution in [0.3, 0.4) is 0 Å². The Morgan fingerprint density at radius 2 is 2.04 bits per heavy atom. The van der Waals surface area contributed by atoms with E-state index >= 15 is 0 Å². The number of rotatable bonds is 7. The predicted molar refractivity (Wildman–Crippen MR) is 93.2 cm³/mol. The summed E-state index contributed by atoms with van der Waals surface area (Å²) in [7, 11) is -3.14. The van der Waals surface area contributed by atoms with Gasteiger partial charge < -0.3 is 15.8 Å². The number of amides is 1. The van der Waals surface area contributed by atoms with E-state index in [4.69, 9.17) is 10.5 Å². The number of aromatic nitrogens is 2. The molecule has 8 nitrogen and oxygen atoms in total. The highest BCUT2D eigenvalue weighted by molar-refractivity contribution is 7.90. The summed E-state index contributed by atoms with van der Waals surface area (Å²) in [4.78, 5) is 20.3. The number of hydrogen-bond acceptors (Lipinski definition) is 7. The van der Waals surface area contributed by atoms with E-state index < -0.39 is 15.7 Å². The predicted octanol–water partition coefficient (Wildman–Crippen LogP) is 0.810. The molecule has 0 atom stereocenters. The number of carbonyl (C=O) groups excluding carboxylic acids is 1. The fourth-order valence-corrected chi connectivity index (χ4v) is 2.52. The topological polar surface area (TPSA) is 124 Å². The number of carbonyl (C=O) groups is 1. The summed E-state index contributed by atoms with van der Waals surface area (Å²) in [6.07, 6.45) is 3.94. The molecular weight excluding hydrogens is 344 g/mol. The maximum absolute atomic E-state index is 12.1. The molecule has 0 unspecified atom stereocenters. The highest BCUT2D eigenvalue weighted by Gasteiger charge is 2.10. The van der Waals surface area contributed by atoms with Gasteiger partial charge in [0.15, 0.2) is 0 Å². The molecule has 0 aromatic carbocycles. The number of hydrogen-bond donors (Lipinski definition) is 2. The van der Waals surface area contributed by atoms with E-state index in [1.807, 2.05) is 13.0 Å². The van der Waals surface area contributed by atoms with Gasteiger partial charge in [-0.25, -0.2) is 13.4 Å². The van der Waals surface area contributed by atoms with Crippen molar-refractivity contribution >= 4 is 15.7 Å². The van der Waals surface area contributed by atoms with Crippen molar-refractivity contribution in [2.24, 2.45) is 5.73 Å².